The molecule has 0 unspecified atom stereocenters. The van der Waals surface area contributed by atoms with Crippen LogP contribution >= 0.6 is 23.1 Å². The molecule has 3 aromatic heterocycles. The molecule has 8 heteroatoms. The van der Waals surface area contributed by atoms with Crippen LogP contribution in [0, 0.1) is 13.8 Å². The average Bonchev–Trinajstić information content (AvgIpc) is 3.35. The zero-order chi connectivity index (χ0) is 18.1. The van der Waals surface area contributed by atoms with Gasteiger partial charge >= 0.3 is 0 Å². The SMILES string of the molecule is Cc1nn(CCNC(=O)c2ccc3nsnc3c2)c(C)c1-c1cccs1. The molecule has 0 spiro atoms. The standard InChI is InChI=1S/C18H17N5OS2/c1-11-17(16-4-3-9-25-16)12(2)23(20-11)8-7-19-18(24)13-5-6-14-15(10-13)22-26-21-14/h3-6,9-10H,7-8H2,1-2H3,(H,19,24). The molecule has 132 valence electrons. The van der Waals surface area contributed by atoms with Crippen molar-refractivity contribution in [2.24, 2.45) is 0 Å². The number of thiophene rings is 1. The Morgan fingerprint density at radius 1 is 1.19 bits per heavy atom. The number of carbonyl (C=O) groups excluding carboxylic acids is 1. The van der Waals surface area contributed by atoms with Crippen molar-refractivity contribution in [1.82, 2.24) is 23.8 Å². The fourth-order valence-corrected chi connectivity index (χ4v) is 4.38. The lowest BCUT2D eigenvalue weighted by Crippen LogP contribution is -2.27. The first-order valence-electron chi connectivity index (χ1n) is 8.22. The van der Waals surface area contributed by atoms with Crippen LogP contribution in [-0.4, -0.2) is 31.0 Å². The molecule has 0 atom stereocenters. The Hall–Kier alpha value is -2.58. The second-order valence-corrected chi connectivity index (χ2v) is 7.45. The predicted octanol–water partition coefficient (Wildman–Crippen LogP) is 3.66. The normalized spacial score (nSPS) is 11.2. The molecule has 0 aliphatic carbocycles. The van der Waals surface area contributed by atoms with Gasteiger partial charge in [-0.05, 0) is 43.5 Å². The number of nitrogens with one attached hydrogen (secondary N) is 1. The summed E-state index contributed by atoms with van der Waals surface area (Å²) in [6.45, 7) is 5.23. The second-order valence-electron chi connectivity index (χ2n) is 5.97. The molecule has 0 bridgehead atoms. The Morgan fingerprint density at radius 2 is 2.04 bits per heavy atom. The summed E-state index contributed by atoms with van der Waals surface area (Å²) in [6, 6.07) is 9.52. The Morgan fingerprint density at radius 3 is 2.85 bits per heavy atom. The summed E-state index contributed by atoms with van der Waals surface area (Å²) in [5.74, 6) is -0.111. The number of hydrogen-bond acceptors (Lipinski definition) is 6. The molecular weight excluding hydrogens is 366 g/mol. The van der Waals surface area contributed by atoms with Gasteiger partial charge in [-0.15, -0.1) is 11.3 Å². The summed E-state index contributed by atoms with van der Waals surface area (Å²) in [6.07, 6.45) is 0. The van der Waals surface area contributed by atoms with Gasteiger partial charge < -0.3 is 5.32 Å². The van der Waals surface area contributed by atoms with Crippen LogP contribution in [0.4, 0.5) is 0 Å². The van der Waals surface area contributed by atoms with E-state index < -0.39 is 0 Å². The van der Waals surface area contributed by atoms with Crippen LogP contribution < -0.4 is 5.32 Å². The maximum absolute atomic E-state index is 12.4. The fraction of sp³-hybridized carbons (Fsp3) is 0.222. The highest BCUT2D eigenvalue weighted by molar-refractivity contribution is 7.13. The van der Waals surface area contributed by atoms with Crippen LogP contribution in [0.1, 0.15) is 21.7 Å². The largest absolute Gasteiger partial charge is 0.350 e. The molecule has 26 heavy (non-hydrogen) atoms. The number of carbonyl (C=O) groups is 1. The topological polar surface area (TPSA) is 72.7 Å². The van der Waals surface area contributed by atoms with E-state index >= 15 is 0 Å². The lowest BCUT2D eigenvalue weighted by atomic mass is 10.1. The summed E-state index contributed by atoms with van der Waals surface area (Å²) in [4.78, 5) is 13.6. The molecule has 0 saturated heterocycles. The van der Waals surface area contributed by atoms with Crippen molar-refractivity contribution < 1.29 is 4.79 Å². The Labute approximate surface area is 158 Å². The van der Waals surface area contributed by atoms with E-state index in [2.05, 4.69) is 37.5 Å². The molecule has 3 heterocycles. The van der Waals surface area contributed by atoms with E-state index in [4.69, 9.17) is 0 Å². The first-order chi connectivity index (χ1) is 12.6. The van der Waals surface area contributed by atoms with Crippen molar-refractivity contribution >= 4 is 40.0 Å². The molecule has 4 rings (SSSR count). The number of aromatic nitrogens is 4. The summed E-state index contributed by atoms with van der Waals surface area (Å²) < 4.78 is 10.3. The van der Waals surface area contributed by atoms with E-state index in [9.17, 15) is 4.79 Å². The van der Waals surface area contributed by atoms with Crippen molar-refractivity contribution in [3.8, 4) is 10.4 Å². The molecule has 0 fully saturated rings. The maximum atomic E-state index is 12.4. The highest BCUT2D eigenvalue weighted by atomic mass is 32.1. The van der Waals surface area contributed by atoms with Crippen molar-refractivity contribution in [2.75, 3.05) is 6.54 Å². The minimum atomic E-state index is -0.111. The van der Waals surface area contributed by atoms with Crippen LogP contribution in [0.3, 0.4) is 0 Å². The zero-order valence-electron chi connectivity index (χ0n) is 14.4. The van der Waals surface area contributed by atoms with Gasteiger partial charge in [0.25, 0.3) is 5.91 Å². The lowest BCUT2D eigenvalue weighted by molar-refractivity contribution is 0.0952. The van der Waals surface area contributed by atoms with Gasteiger partial charge in [0.2, 0.25) is 0 Å². The molecule has 6 nitrogen and oxygen atoms in total. The van der Waals surface area contributed by atoms with E-state index in [0.29, 0.717) is 18.7 Å². The van der Waals surface area contributed by atoms with E-state index in [-0.39, 0.29) is 5.91 Å². The van der Waals surface area contributed by atoms with Gasteiger partial charge in [0.05, 0.1) is 24.0 Å². The number of aryl methyl sites for hydroxylation is 1. The molecule has 1 aromatic carbocycles. The Bertz CT molecular complexity index is 1060. The lowest BCUT2D eigenvalue weighted by Gasteiger charge is -2.07. The third-order valence-corrected chi connectivity index (χ3v) is 5.72. The van der Waals surface area contributed by atoms with Gasteiger partial charge in [0.1, 0.15) is 11.0 Å². The van der Waals surface area contributed by atoms with Gasteiger partial charge in [-0.3, -0.25) is 9.48 Å². The van der Waals surface area contributed by atoms with Crippen LogP contribution in [0.25, 0.3) is 21.5 Å². The quantitative estimate of drug-likeness (QED) is 0.571. The van der Waals surface area contributed by atoms with E-state index in [0.717, 1.165) is 34.1 Å². The predicted molar refractivity (Wildman–Crippen MR) is 105 cm³/mol. The molecule has 4 aromatic rings. The minimum Gasteiger partial charge on any atom is -0.350 e. The molecule has 0 radical (unpaired) electrons. The van der Waals surface area contributed by atoms with E-state index in [1.54, 1.807) is 23.5 Å². The number of hydrogen-bond donors (Lipinski definition) is 1. The van der Waals surface area contributed by atoms with E-state index in [1.807, 2.05) is 23.7 Å². The summed E-state index contributed by atoms with van der Waals surface area (Å²) in [5.41, 5.74) is 5.48. The molecule has 1 N–H and O–H groups in total. The first kappa shape index (κ1) is 16.9. The first-order valence-corrected chi connectivity index (χ1v) is 9.83. The Balaban J connectivity index is 1.43. The van der Waals surface area contributed by atoms with Crippen LogP contribution in [0.15, 0.2) is 35.7 Å². The summed E-state index contributed by atoms with van der Waals surface area (Å²) >= 11 is 2.86. The fourth-order valence-electron chi connectivity index (χ4n) is 2.99. The van der Waals surface area contributed by atoms with Crippen molar-refractivity contribution in [3.63, 3.8) is 0 Å². The third-order valence-electron chi connectivity index (χ3n) is 4.27. The number of rotatable bonds is 5. The van der Waals surface area contributed by atoms with Crippen LogP contribution in [0.2, 0.25) is 0 Å². The van der Waals surface area contributed by atoms with Gasteiger partial charge in [0, 0.05) is 28.2 Å². The van der Waals surface area contributed by atoms with Gasteiger partial charge in [-0.2, -0.15) is 13.8 Å². The number of fused-ring (bicyclic) bond motifs is 1. The number of amides is 1. The molecular formula is C18H17N5OS2. The molecule has 0 aliphatic rings. The van der Waals surface area contributed by atoms with Gasteiger partial charge in [0.15, 0.2) is 0 Å². The zero-order valence-corrected chi connectivity index (χ0v) is 16.0. The molecule has 0 aliphatic heterocycles. The molecule has 1 amide bonds. The van der Waals surface area contributed by atoms with Crippen molar-refractivity contribution in [3.05, 3.63) is 52.7 Å². The van der Waals surface area contributed by atoms with Gasteiger partial charge in [-0.25, -0.2) is 0 Å². The average molecular weight is 384 g/mol. The maximum Gasteiger partial charge on any atom is 0.251 e. The van der Waals surface area contributed by atoms with Crippen molar-refractivity contribution in [1.29, 1.82) is 0 Å². The van der Waals surface area contributed by atoms with Gasteiger partial charge in [-0.1, -0.05) is 6.07 Å². The van der Waals surface area contributed by atoms with E-state index in [1.165, 1.54) is 10.4 Å². The smallest absolute Gasteiger partial charge is 0.251 e. The Kier molecular flexibility index (Phi) is 4.52. The summed E-state index contributed by atoms with van der Waals surface area (Å²) in [7, 11) is 0. The highest BCUT2D eigenvalue weighted by Crippen LogP contribution is 2.30. The van der Waals surface area contributed by atoms with Crippen molar-refractivity contribution in [2.45, 2.75) is 20.4 Å². The summed E-state index contributed by atoms with van der Waals surface area (Å²) in [5, 5.41) is 9.65. The minimum absolute atomic E-state index is 0.111. The monoisotopic (exact) mass is 383 g/mol. The van der Waals surface area contributed by atoms with Crippen LogP contribution in [-0.2, 0) is 6.54 Å². The second kappa shape index (κ2) is 6.97. The van der Waals surface area contributed by atoms with Crippen LogP contribution in [0.5, 0.6) is 0 Å². The number of nitrogens with zero attached hydrogens (tertiary/aromatic N) is 4. The number of benzene rings is 1. The molecule has 0 saturated carbocycles. The third kappa shape index (κ3) is 3.13. The highest BCUT2D eigenvalue weighted by Gasteiger charge is 2.14.